The maximum atomic E-state index is 11.7. The fraction of sp³-hybridized carbons (Fsp3) is 0.250. The fourth-order valence-electron chi connectivity index (χ4n) is 2.39. The molecule has 6 nitrogen and oxygen atoms in total. The third-order valence-electron chi connectivity index (χ3n) is 3.49. The van der Waals surface area contributed by atoms with Gasteiger partial charge >= 0.3 is 5.97 Å². The van der Waals surface area contributed by atoms with Crippen LogP contribution in [0, 0.1) is 6.57 Å². The molecule has 3 rings (SSSR count). The number of anilines is 1. The lowest BCUT2D eigenvalue weighted by Gasteiger charge is -2.19. The van der Waals surface area contributed by atoms with Gasteiger partial charge < -0.3 is 14.5 Å². The van der Waals surface area contributed by atoms with E-state index in [1.165, 1.54) is 0 Å². The van der Waals surface area contributed by atoms with E-state index in [2.05, 4.69) is 15.1 Å². The molecule has 0 atom stereocenters. The van der Waals surface area contributed by atoms with E-state index in [4.69, 9.17) is 15.7 Å². The summed E-state index contributed by atoms with van der Waals surface area (Å²) in [6.07, 6.45) is 0. The van der Waals surface area contributed by atoms with Gasteiger partial charge in [0.2, 0.25) is 5.89 Å². The lowest BCUT2D eigenvalue weighted by atomic mass is 10.2. The van der Waals surface area contributed by atoms with Gasteiger partial charge in [0.15, 0.2) is 11.3 Å². The second kappa shape index (κ2) is 6.89. The summed E-state index contributed by atoms with van der Waals surface area (Å²) in [6, 6.07) is 12.6. The predicted octanol–water partition coefficient (Wildman–Crippen LogP) is 4.80. The highest BCUT2D eigenvalue weighted by Crippen LogP contribution is 2.27. The number of fused-ring (bicyclic) bond motifs is 1. The molecule has 132 valence electrons. The third-order valence-corrected chi connectivity index (χ3v) is 3.49. The summed E-state index contributed by atoms with van der Waals surface area (Å²) < 4.78 is 11.0. The Hall–Kier alpha value is -3.33. The average Bonchev–Trinajstić information content (AvgIpc) is 3.02. The number of carbonyl (C=O) groups is 1. The quantitative estimate of drug-likeness (QED) is 0.541. The predicted molar refractivity (Wildman–Crippen MR) is 100 cm³/mol. The van der Waals surface area contributed by atoms with Crippen molar-refractivity contribution in [1.29, 1.82) is 0 Å². The number of nitrogens with zero attached hydrogens (tertiary/aromatic N) is 2. The maximum absolute atomic E-state index is 11.7. The standard InChI is InChI=1S/C20H19N3O3/c1-20(2,3)26-18(24)12-22-14-7-5-13(6-8-14)19-23-16-11-15(21-4)9-10-17(16)25-19/h5-11,22H,12H2,1-3H3. The van der Waals surface area contributed by atoms with Crippen molar-refractivity contribution in [3.05, 3.63) is 53.9 Å². The summed E-state index contributed by atoms with van der Waals surface area (Å²) in [6.45, 7) is 12.7. The van der Waals surface area contributed by atoms with Crippen molar-refractivity contribution in [2.45, 2.75) is 26.4 Å². The molecule has 0 amide bonds. The van der Waals surface area contributed by atoms with E-state index in [9.17, 15) is 4.79 Å². The molecule has 0 spiro atoms. The minimum Gasteiger partial charge on any atom is -0.459 e. The first-order valence-electron chi connectivity index (χ1n) is 8.18. The van der Waals surface area contributed by atoms with Crippen molar-refractivity contribution >= 4 is 28.4 Å². The van der Waals surface area contributed by atoms with Crippen LogP contribution >= 0.6 is 0 Å². The molecule has 0 bridgehead atoms. The minimum atomic E-state index is -0.497. The van der Waals surface area contributed by atoms with Crippen molar-refractivity contribution < 1.29 is 13.9 Å². The van der Waals surface area contributed by atoms with E-state index in [-0.39, 0.29) is 12.5 Å². The van der Waals surface area contributed by atoms with Gasteiger partial charge in [0, 0.05) is 11.3 Å². The van der Waals surface area contributed by atoms with Crippen LogP contribution in [0.5, 0.6) is 0 Å². The number of esters is 1. The Kier molecular flexibility index (Phi) is 4.63. The van der Waals surface area contributed by atoms with Crippen LogP contribution in [0.25, 0.3) is 27.4 Å². The van der Waals surface area contributed by atoms with Gasteiger partial charge in [0.1, 0.15) is 12.1 Å². The lowest BCUT2D eigenvalue weighted by Crippen LogP contribution is -2.28. The molecule has 0 fully saturated rings. The zero-order valence-corrected chi connectivity index (χ0v) is 14.9. The van der Waals surface area contributed by atoms with E-state index in [1.54, 1.807) is 18.2 Å². The monoisotopic (exact) mass is 349 g/mol. The van der Waals surface area contributed by atoms with Crippen molar-refractivity contribution in [1.82, 2.24) is 4.98 Å². The topological polar surface area (TPSA) is 68.7 Å². The highest BCUT2D eigenvalue weighted by Gasteiger charge is 2.16. The molecule has 2 aromatic carbocycles. The van der Waals surface area contributed by atoms with Gasteiger partial charge in [-0.25, -0.2) is 9.83 Å². The Balaban J connectivity index is 1.70. The average molecular weight is 349 g/mol. The first kappa shape index (κ1) is 17.5. The summed E-state index contributed by atoms with van der Waals surface area (Å²) in [5.41, 5.74) is 2.93. The van der Waals surface area contributed by atoms with E-state index < -0.39 is 5.60 Å². The Labute approximate surface area is 151 Å². The Morgan fingerprint density at radius 2 is 1.96 bits per heavy atom. The van der Waals surface area contributed by atoms with Crippen LogP contribution in [0.15, 0.2) is 46.9 Å². The Morgan fingerprint density at radius 1 is 1.23 bits per heavy atom. The van der Waals surface area contributed by atoms with Gasteiger partial charge in [-0.2, -0.15) is 0 Å². The van der Waals surface area contributed by atoms with Gasteiger partial charge in [-0.1, -0.05) is 6.07 Å². The van der Waals surface area contributed by atoms with Gasteiger partial charge in [0.05, 0.1) is 12.1 Å². The molecule has 3 aromatic rings. The van der Waals surface area contributed by atoms with Crippen LogP contribution in [0.4, 0.5) is 11.4 Å². The van der Waals surface area contributed by atoms with Crippen LogP contribution in [0.1, 0.15) is 20.8 Å². The van der Waals surface area contributed by atoms with Gasteiger partial charge in [-0.3, -0.25) is 4.79 Å². The van der Waals surface area contributed by atoms with Crippen LogP contribution < -0.4 is 5.32 Å². The molecule has 0 aliphatic carbocycles. The number of nitrogens with one attached hydrogen (secondary N) is 1. The number of rotatable bonds is 4. The number of oxazole rings is 1. The number of aromatic nitrogens is 1. The normalized spacial score (nSPS) is 11.2. The number of ether oxygens (including phenoxy) is 1. The third kappa shape index (κ3) is 4.19. The minimum absolute atomic E-state index is 0.0961. The van der Waals surface area contributed by atoms with Crippen molar-refractivity contribution in [3.8, 4) is 11.5 Å². The second-order valence-electron chi connectivity index (χ2n) is 6.80. The summed E-state index contributed by atoms with van der Waals surface area (Å²) in [7, 11) is 0. The molecule has 0 aliphatic heterocycles. The largest absolute Gasteiger partial charge is 0.459 e. The maximum Gasteiger partial charge on any atom is 0.325 e. The molecule has 6 heteroatoms. The molecule has 1 aromatic heterocycles. The molecule has 0 unspecified atom stereocenters. The molecular weight excluding hydrogens is 330 g/mol. The Morgan fingerprint density at radius 3 is 2.62 bits per heavy atom. The zero-order chi connectivity index (χ0) is 18.7. The molecule has 1 heterocycles. The van der Waals surface area contributed by atoms with E-state index in [0.717, 1.165) is 11.3 Å². The fourth-order valence-corrected chi connectivity index (χ4v) is 2.39. The summed E-state index contributed by atoms with van der Waals surface area (Å²) in [5, 5.41) is 3.03. The molecule has 0 radical (unpaired) electrons. The van der Waals surface area contributed by atoms with Gasteiger partial charge in [-0.05, 0) is 57.2 Å². The molecule has 1 N–H and O–H groups in total. The first-order chi connectivity index (χ1) is 12.3. The molecule has 26 heavy (non-hydrogen) atoms. The van der Waals surface area contributed by atoms with Crippen LogP contribution in [0.3, 0.4) is 0 Å². The number of carbonyl (C=O) groups excluding carboxylic acids is 1. The van der Waals surface area contributed by atoms with Crippen molar-refractivity contribution in [2.75, 3.05) is 11.9 Å². The lowest BCUT2D eigenvalue weighted by molar-refractivity contribution is -0.152. The second-order valence-corrected chi connectivity index (χ2v) is 6.80. The van der Waals surface area contributed by atoms with Gasteiger partial charge in [0.25, 0.3) is 0 Å². The highest BCUT2D eigenvalue weighted by molar-refractivity contribution is 5.80. The first-order valence-corrected chi connectivity index (χ1v) is 8.18. The van der Waals surface area contributed by atoms with E-state index >= 15 is 0 Å². The molecule has 0 saturated carbocycles. The van der Waals surface area contributed by atoms with E-state index in [1.807, 2.05) is 45.0 Å². The number of hydrogen-bond donors (Lipinski definition) is 1. The smallest absolute Gasteiger partial charge is 0.325 e. The van der Waals surface area contributed by atoms with Crippen molar-refractivity contribution in [2.24, 2.45) is 0 Å². The number of hydrogen-bond acceptors (Lipinski definition) is 5. The molecule has 0 saturated heterocycles. The summed E-state index contributed by atoms with van der Waals surface area (Å²) in [5.74, 6) is 0.178. The Bertz CT molecular complexity index is 976. The highest BCUT2D eigenvalue weighted by atomic mass is 16.6. The van der Waals surface area contributed by atoms with E-state index in [0.29, 0.717) is 22.7 Å². The molecule has 0 aliphatic rings. The van der Waals surface area contributed by atoms with Crippen LogP contribution in [-0.4, -0.2) is 23.1 Å². The zero-order valence-electron chi connectivity index (χ0n) is 14.9. The summed E-state index contributed by atoms with van der Waals surface area (Å²) >= 11 is 0. The van der Waals surface area contributed by atoms with Crippen molar-refractivity contribution in [3.63, 3.8) is 0 Å². The SMILES string of the molecule is [C-]#[N+]c1ccc2oc(-c3ccc(NCC(=O)OC(C)(C)C)cc3)nc2c1. The van der Waals surface area contributed by atoms with Crippen LogP contribution in [0.2, 0.25) is 0 Å². The van der Waals surface area contributed by atoms with Gasteiger partial charge in [-0.15, -0.1) is 0 Å². The van der Waals surface area contributed by atoms with Crippen LogP contribution in [-0.2, 0) is 9.53 Å². The summed E-state index contributed by atoms with van der Waals surface area (Å²) in [4.78, 5) is 19.6. The number of benzene rings is 2. The molecular formula is C20H19N3O3.